The Kier molecular flexibility index (Phi) is 5.28. The molecule has 0 bridgehead atoms. The van der Waals surface area contributed by atoms with E-state index in [1.54, 1.807) is 17.1 Å². The van der Waals surface area contributed by atoms with Crippen LogP contribution in [-0.2, 0) is 19.8 Å². The van der Waals surface area contributed by atoms with Crippen LogP contribution in [0, 0.1) is 0 Å². The van der Waals surface area contributed by atoms with Gasteiger partial charge in [-0.05, 0) is 29.3 Å². The van der Waals surface area contributed by atoms with E-state index < -0.39 is 17.8 Å². The number of alkyl halides is 3. The van der Waals surface area contributed by atoms with Gasteiger partial charge >= 0.3 is 6.18 Å². The number of aromatic amines is 1. The summed E-state index contributed by atoms with van der Waals surface area (Å²) in [5, 5.41) is 12.4. The molecular weight excluding hydrogens is 409 g/mol. The topological polar surface area (TPSA) is 88.5 Å². The number of nitrogens with one attached hydrogen (secondary N) is 2. The first-order valence-corrected chi connectivity index (χ1v) is 9.25. The van der Waals surface area contributed by atoms with E-state index in [1.807, 2.05) is 54.7 Å². The van der Waals surface area contributed by atoms with Crippen LogP contribution in [-0.4, -0.2) is 30.9 Å². The molecule has 3 heterocycles. The molecule has 0 aliphatic rings. The van der Waals surface area contributed by atoms with E-state index in [4.69, 9.17) is 0 Å². The zero-order chi connectivity index (χ0) is 22.0. The summed E-state index contributed by atoms with van der Waals surface area (Å²) in [7, 11) is 1.83. The summed E-state index contributed by atoms with van der Waals surface area (Å²) in [6, 6.07) is 11.9. The van der Waals surface area contributed by atoms with Crippen LogP contribution < -0.4 is 5.32 Å². The van der Waals surface area contributed by atoms with Gasteiger partial charge in [-0.3, -0.25) is 19.6 Å². The van der Waals surface area contributed by atoms with Gasteiger partial charge in [-0.2, -0.15) is 23.4 Å². The van der Waals surface area contributed by atoms with Gasteiger partial charge in [0.25, 0.3) is 5.91 Å². The molecule has 2 N–H and O–H groups in total. The zero-order valence-electron chi connectivity index (χ0n) is 16.3. The summed E-state index contributed by atoms with van der Waals surface area (Å²) in [6.45, 7) is 0.123. The number of carbonyl (C=O) groups is 1. The van der Waals surface area contributed by atoms with Crippen molar-refractivity contribution < 1.29 is 18.0 Å². The normalized spacial score (nSPS) is 11.5. The number of H-pyrrole nitrogens is 1. The number of rotatable bonds is 5. The first-order chi connectivity index (χ1) is 14.8. The van der Waals surface area contributed by atoms with E-state index in [-0.39, 0.29) is 12.2 Å². The quantitative estimate of drug-likeness (QED) is 0.508. The number of benzene rings is 1. The lowest BCUT2D eigenvalue weighted by atomic mass is 10.0. The third kappa shape index (κ3) is 4.47. The van der Waals surface area contributed by atoms with Crippen molar-refractivity contribution in [2.45, 2.75) is 12.7 Å². The fraction of sp³-hybridized carbons (Fsp3) is 0.143. The van der Waals surface area contributed by atoms with Crippen LogP contribution >= 0.6 is 0 Å². The maximum atomic E-state index is 12.7. The van der Waals surface area contributed by atoms with Crippen molar-refractivity contribution in [1.82, 2.24) is 30.3 Å². The number of aryl methyl sites for hydroxylation is 1. The zero-order valence-corrected chi connectivity index (χ0v) is 16.3. The SMILES string of the molecule is Cn1cc(-c2ccncc2)c(-c2cccc(CNC(=O)c3cc(C(F)(F)F)[nH]n3)c2)n1. The van der Waals surface area contributed by atoms with Gasteiger partial charge in [-0.1, -0.05) is 18.2 Å². The van der Waals surface area contributed by atoms with E-state index >= 15 is 0 Å². The first kappa shape index (κ1) is 20.3. The standard InChI is InChI=1S/C21H17F3N6O/c1-30-12-16(14-5-7-25-8-6-14)19(29-30)15-4-2-3-13(9-15)11-26-20(31)17-10-18(28-27-17)21(22,23)24/h2-10,12H,11H2,1H3,(H,26,31)(H,27,28). The Bertz CT molecular complexity index is 1210. The number of hydrogen-bond donors (Lipinski definition) is 2. The van der Waals surface area contributed by atoms with Crippen LogP contribution in [0.3, 0.4) is 0 Å². The minimum Gasteiger partial charge on any atom is -0.347 e. The molecule has 4 rings (SSSR count). The minimum absolute atomic E-state index is 0.123. The van der Waals surface area contributed by atoms with Crippen molar-refractivity contribution in [1.29, 1.82) is 0 Å². The Morgan fingerprint density at radius 3 is 2.61 bits per heavy atom. The van der Waals surface area contributed by atoms with Crippen LogP contribution in [0.1, 0.15) is 21.7 Å². The predicted octanol–water partition coefficient (Wildman–Crippen LogP) is 3.82. The molecule has 0 unspecified atom stereocenters. The number of carbonyl (C=O) groups excluding carboxylic acids is 1. The van der Waals surface area contributed by atoms with Gasteiger partial charge in [0.2, 0.25) is 0 Å². The fourth-order valence-corrected chi connectivity index (χ4v) is 3.13. The number of halogens is 3. The number of hydrogen-bond acceptors (Lipinski definition) is 4. The number of pyridine rings is 1. The Morgan fingerprint density at radius 2 is 1.90 bits per heavy atom. The van der Waals surface area contributed by atoms with Crippen molar-refractivity contribution in [2.75, 3.05) is 0 Å². The van der Waals surface area contributed by atoms with Crippen molar-refractivity contribution in [3.8, 4) is 22.4 Å². The summed E-state index contributed by atoms with van der Waals surface area (Å²) >= 11 is 0. The lowest BCUT2D eigenvalue weighted by Gasteiger charge is -2.07. The lowest BCUT2D eigenvalue weighted by molar-refractivity contribution is -0.141. The summed E-state index contributed by atoms with van der Waals surface area (Å²) in [5.74, 6) is -0.701. The van der Waals surface area contributed by atoms with E-state index in [1.165, 1.54) is 0 Å². The molecule has 1 amide bonds. The highest BCUT2D eigenvalue weighted by Gasteiger charge is 2.33. The highest BCUT2D eigenvalue weighted by molar-refractivity contribution is 5.92. The lowest BCUT2D eigenvalue weighted by Crippen LogP contribution is -2.23. The molecule has 158 valence electrons. The smallest absolute Gasteiger partial charge is 0.347 e. The molecule has 7 nitrogen and oxygen atoms in total. The molecule has 10 heteroatoms. The third-order valence-corrected chi connectivity index (χ3v) is 4.59. The van der Waals surface area contributed by atoms with Gasteiger partial charge in [-0.15, -0.1) is 0 Å². The molecule has 4 aromatic rings. The van der Waals surface area contributed by atoms with Gasteiger partial charge in [0.15, 0.2) is 5.69 Å². The van der Waals surface area contributed by atoms with Crippen molar-refractivity contribution >= 4 is 5.91 Å². The second kappa shape index (κ2) is 8.05. The highest BCUT2D eigenvalue weighted by Crippen LogP contribution is 2.31. The summed E-state index contributed by atoms with van der Waals surface area (Å²) < 4.78 is 39.7. The molecule has 1 aromatic carbocycles. The first-order valence-electron chi connectivity index (χ1n) is 9.25. The summed E-state index contributed by atoms with van der Waals surface area (Å²) in [5.41, 5.74) is 2.88. The van der Waals surface area contributed by atoms with E-state index in [0.29, 0.717) is 6.07 Å². The number of aromatic nitrogens is 5. The van der Waals surface area contributed by atoms with Crippen LogP contribution in [0.25, 0.3) is 22.4 Å². The fourth-order valence-electron chi connectivity index (χ4n) is 3.13. The molecule has 0 radical (unpaired) electrons. The summed E-state index contributed by atoms with van der Waals surface area (Å²) in [6.07, 6.45) is 0.735. The molecule has 0 spiro atoms. The van der Waals surface area contributed by atoms with Crippen molar-refractivity contribution in [3.05, 3.63) is 78.0 Å². The molecule has 0 aliphatic heterocycles. The molecule has 0 saturated heterocycles. The molecule has 3 aromatic heterocycles. The Balaban J connectivity index is 1.52. The molecule has 0 fully saturated rings. The molecule has 0 atom stereocenters. The average molecular weight is 426 g/mol. The van der Waals surface area contributed by atoms with Crippen LogP contribution in [0.5, 0.6) is 0 Å². The predicted molar refractivity (Wildman–Crippen MR) is 107 cm³/mol. The number of amides is 1. The van der Waals surface area contributed by atoms with E-state index in [9.17, 15) is 18.0 Å². The minimum atomic E-state index is -4.59. The Morgan fingerprint density at radius 1 is 1.13 bits per heavy atom. The van der Waals surface area contributed by atoms with Gasteiger partial charge in [0.1, 0.15) is 11.4 Å². The second-order valence-electron chi connectivity index (χ2n) is 6.85. The van der Waals surface area contributed by atoms with Gasteiger partial charge in [0, 0.05) is 49.4 Å². The van der Waals surface area contributed by atoms with Crippen LogP contribution in [0.2, 0.25) is 0 Å². The maximum absolute atomic E-state index is 12.7. The third-order valence-electron chi connectivity index (χ3n) is 4.59. The van der Waals surface area contributed by atoms with E-state index in [2.05, 4.69) is 20.5 Å². The Hall–Kier alpha value is -3.95. The number of nitrogens with zero attached hydrogens (tertiary/aromatic N) is 4. The average Bonchev–Trinajstić information content (AvgIpc) is 3.40. The molecule has 31 heavy (non-hydrogen) atoms. The van der Waals surface area contributed by atoms with Gasteiger partial charge in [0.05, 0.1) is 0 Å². The van der Waals surface area contributed by atoms with Crippen LogP contribution in [0.15, 0.2) is 61.1 Å². The Labute approximate surface area is 174 Å². The second-order valence-corrected chi connectivity index (χ2v) is 6.85. The maximum Gasteiger partial charge on any atom is 0.432 e. The monoisotopic (exact) mass is 426 g/mol. The molecule has 0 saturated carbocycles. The van der Waals surface area contributed by atoms with Crippen molar-refractivity contribution in [3.63, 3.8) is 0 Å². The highest BCUT2D eigenvalue weighted by atomic mass is 19.4. The largest absolute Gasteiger partial charge is 0.432 e. The van der Waals surface area contributed by atoms with Crippen LogP contribution in [0.4, 0.5) is 13.2 Å². The van der Waals surface area contributed by atoms with Gasteiger partial charge in [-0.25, -0.2) is 0 Å². The van der Waals surface area contributed by atoms with Crippen molar-refractivity contribution in [2.24, 2.45) is 7.05 Å². The molecular formula is C21H17F3N6O. The van der Waals surface area contributed by atoms with Gasteiger partial charge < -0.3 is 5.32 Å². The molecule has 0 aliphatic carbocycles. The van der Waals surface area contributed by atoms with E-state index in [0.717, 1.165) is 27.9 Å². The summed E-state index contributed by atoms with van der Waals surface area (Å²) in [4.78, 5) is 16.2.